The van der Waals surface area contributed by atoms with E-state index >= 15 is 0 Å². The van der Waals surface area contributed by atoms with Crippen LogP contribution in [-0.2, 0) is 11.4 Å². The number of pyridine rings is 1. The van der Waals surface area contributed by atoms with E-state index in [1.807, 2.05) is 49.4 Å². The van der Waals surface area contributed by atoms with E-state index in [2.05, 4.69) is 10.3 Å². The fraction of sp³-hybridized carbons (Fsp3) is 0.143. The van der Waals surface area contributed by atoms with E-state index in [9.17, 15) is 4.79 Å². The Balaban J connectivity index is 1.47. The Morgan fingerprint density at radius 1 is 0.962 bits per heavy atom. The van der Waals surface area contributed by atoms with Gasteiger partial charge in [-0.2, -0.15) is 0 Å². The third-order valence-corrected chi connectivity index (χ3v) is 3.70. The molecule has 0 saturated carbocycles. The lowest BCUT2D eigenvalue weighted by atomic mass is 10.2. The summed E-state index contributed by atoms with van der Waals surface area (Å²) < 4.78 is 11.2. The van der Waals surface area contributed by atoms with E-state index in [-0.39, 0.29) is 12.5 Å². The fourth-order valence-corrected chi connectivity index (χ4v) is 2.34. The molecule has 0 bridgehead atoms. The fourth-order valence-electron chi connectivity index (χ4n) is 2.34. The molecule has 5 heteroatoms. The first-order valence-electron chi connectivity index (χ1n) is 8.32. The van der Waals surface area contributed by atoms with Gasteiger partial charge in [-0.05, 0) is 48.9 Å². The molecule has 3 rings (SSSR count). The number of carbonyl (C=O) groups is 1. The van der Waals surface area contributed by atoms with E-state index in [1.54, 1.807) is 30.5 Å². The average molecular weight is 348 g/mol. The van der Waals surface area contributed by atoms with Crippen LogP contribution < -0.4 is 14.8 Å². The smallest absolute Gasteiger partial charge is 0.262 e. The topological polar surface area (TPSA) is 60.5 Å². The van der Waals surface area contributed by atoms with Gasteiger partial charge >= 0.3 is 0 Å². The summed E-state index contributed by atoms with van der Waals surface area (Å²) in [6.07, 6.45) is 1.68. The van der Waals surface area contributed by atoms with E-state index in [0.29, 0.717) is 18.0 Å². The van der Waals surface area contributed by atoms with Crippen LogP contribution in [0, 0.1) is 6.92 Å². The quantitative estimate of drug-likeness (QED) is 0.701. The highest BCUT2D eigenvalue weighted by Crippen LogP contribution is 2.17. The van der Waals surface area contributed by atoms with E-state index < -0.39 is 0 Å². The van der Waals surface area contributed by atoms with Crippen molar-refractivity contribution in [1.82, 2.24) is 4.98 Å². The van der Waals surface area contributed by atoms with E-state index in [4.69, 9.17) is 9.47 Å². The second kappa shape index (κ2) is 8.67. The average Bonchev–Trinajstić information content (AvgIpc) is 2.68. The lowest BCUT2D eigenvalue weighted by Gasteiger charge is -2.10. The Morgan fingerprint density at radius 3 is 2.46 bits per heavy atom. The van der Waals surface area contributed by atoms with Crippen LogP contribution in [-0.4, -0.2) is 17.5 Å². The standard InChI is InChI=1S/C21H20N2O3/c1-16-20(8-5-13-22-16)26-15-21(24)23-18-9-11-19(12-10-18)25-14-17-6-3-2-4-7-17/h2-13H,14-15H2,1H3,(H,23,24). The minimum Gasteiger partial charge on any atom is -0.489 e. The zero-order chi connectivity index (χ0) is 18.2. The lowest BCUT2D eigenvalue weighted by Crippen LogP contribution is -2.20. The number of amides is 1. The van der Waals surface area contributed by atoms with Crippen molar-refractivity contribution in [2.24, 2.45) is 0 Å². The Kier molecular flexibility index (Phi) is 5.83. The first-order valence-corrected chi connectivity index (χ1v) is 8.32. The van der Waals surface area contributed by atoms with Crippen molar-refractivity contribution in [3.05, 3.63) is 84.2 Å². The Labute approximate surface area is 152 Å². The summed E-state index contributed by atoms with van der Waals surface area (Å²) in [6.45, 7) is 2.27. The van der Waals surface area contributed by atoms with Gasteiger partial charge in [0.2, 0.25) is 0 Å². The number of ether oxygens (including phenoxy) is 2. The highest BCUT2D eigenvalue weighted by atomic mass is 16.5. The van der Waals surface area contributed by atoms with Crippen molar-refractivity contribution in [3.63, 3.8) is 0 Å². The summed E-state index contributed by atoms with van der Waals surface area (Å²) in [5.41, 5.74) is 2.54. The SMILES string of the molecule is Cc1ncccc1OCC(=O)Nc1ccc(OCc2ccccc2)cc1. The van der Waals surface area contributed by atoms with Crippen LogP contribution >= 0.6 is 0 Å². The summed E-state index contributed by atoms with van der Waals surface area (Å²) in [5.74, 6) is 1.12. The van der Waals surface area contributed by atoms with Gasteiger partial charge < -0.3 is 14.8 Å². The molecule has 1 amide bonds. The maximum absolute atomic E-state index is 12.0. The number of hydrogen-bond acceptors (Lipinski definition) is 4. The van der Waals surface area contributed by atoms with Crippen molar-refractivity contribution in [3.8, 4) is 11.5 Å². The van der Waals surface area contributed by atoms with Gasteiger partial charge in [-0.15, -0.1) is 0 Å². The van der Waals surface area contributed by atoms with Crippen molar-refractivity contribution in [1.29, 1.82) is 0 Å². The molecule has 132 valence electrons. The number of aryl methyl sites for hydroxylation is 1. The van der Waals surface area contributed by atoms with Gasteiger partial charge in [-0.25, -0.2) is 0 Å². The summed E-state index contributed by atoms with van der Waals surface area (Å²) in [7, 11) is 0. The molecule has 3 aromatic rings. The number of anilines is 1. The normalized spacial score (nSPS) is 10.2. The highest BCUT2D eigenvalue weighted by Gasteiger charge is 2.06. The van der Waals surface area contributed by atoms with E-state index in [1.165, 1.54) is 0 Å². The highest BCUT2D eigenvalue weighted by molar-refractivity contribution is 5.91. The van der Waals surface area contributed by atoms with Crippen molar-refractivity contribution in [2.45, 2.75) is 13.5 Å². The molecule has 26 heavy (non-hydrogen) atoms. The van der Waals surface area contributed by atoms with Gasteiger partial charge in [0.25, 0.3) is 5.91 Å². The number of nitrogens with zero attached hydrogens (tertiary/aromatic N) is 1. The summed E-state index contributed by atoms with van der Waals surface area (Å²) in [5, 5.41) is 2.79. The lowest BCUT2D eigenvalue weighted by molar-refractivity contribution is -0.118. The van der Waals surface area contributed by atoms with Crippen LogP contribution in [0.25, 0.3) is 0 Å². The Hall–Kier alpha value is -3.34. The second-order valence-corrected chi connectivity index (χ2v) is 5.72. The molecule has 2 aromatic carbocycles. The van der Waals surface area contributed by atoms with Gasteiger partial charge in [0.15, 0.2) is 6.61 Å². The van der Waals surface area contributed by atoms with Crippen molar-refractivity contribution < 1.29 is 14.3 Å². The van der Waals surface area contributed by atoms with Crippen molar-refractivity contribution in [2.75, 3.05) is 11.9 Å². The molecular formula is C21H20N2O3. The first-order chi connectivity index (χ1) is 12.7. The van der Waals surface area contributed by atoms with Crippen LogP contribution in [0.1, 0.15) is 11.3 Å². The first kappa shape index (κ1) is 17.5. The van der Waals surface area contributed by atoms with Gasteiger partial charge in [0.05, 0.1) is 5.69 Å². The van der Waals surface area contributed by atoms with Gasteiger partial charge in [-0.1, -0.05) is 30.3 Å². The maximum atomic E-state index is 12.0. The molecule has 0 fully saturated rings. The summed E-state index contributed by atoms with van der Waals surface area (Å²) >= 11 is 0. The zero-order valence-electron chi connectivity index (χ0n) is 14.5. The molecule has 1 N–H and O–H groups in total. The molecule has 0 unspecified atom stereocenters. The van der Waals surface area contributed by atoms with Crippen LogP contribution in [0.4, 0.5) is 5.69 Å². The van der Waals surface area contributed by atoms with Crippen LogP contribution in [0.2, 0.25) is 0 Å². The molecule has 1 aromatic heterocycles. The number of nitrogens with one attached hydrogen (secondary N) is 1. The van der Waals surface area contributed by atoms with Crippen LogP contribution in [0.15, 0.2) is 72.9 Å². The third-order valence-electron chi connectivity index (χ3n) is 3.70. The second-order valence-electron chi connectivity index (χ2n) is 5.72. The molecule has 0 spiro atoms. The molecular weight excluding hydrogens is 328 g/mol. The molecule has 5 nitrogen and oxygen atoms in total. The Morgan fingerprint density at radius 2 is 1.73 bits per heavy atom. The van der Waals surface area contributed by atoms with Crippen LogP contribution in [0.3, 0.4) is 0 Å². The van der Waals surface area contributed by atoms with Gasteiger partial charge in [0, 0.05) is 11.9 Å². The minimum atomic E-state index is -0.230. The van der Waals surface area contributed by atoms with Gasteiger partial charge in [-0.3, -0.25) is 9.78 Å². The predicted octanol–water partition coefficient (Wildman–Crippen LogP) is 3.99. The number of aromatic nitrogens is 1. The third kappa shape index (κ3) is 5.08. The molecule has 1 heterocycles. The minimum absolute atomic E-state index is 0.0706. The molecule has 0 radical (unpaired) electrons. The number of hydrogen-bond donors (Lipinski definition) is 1. The zero-order valence-corrected chi connectivity index (χ0v) is 14.5. The number of rotatable bonds is 7. The molecule has 0 aliphatic heterocycles. The van der Waals surface area contributed by atoms with Gasteiger partial charge in [0.1, 0.15) is 18.1 Å². The number of benzene rings is 2. The van der Waals surface area contributed by atoms with Crippen molar-refractivity contribution >= 4 is 11.6 Å². The summed E-state index contributed by atoms with van der Waals surface area (Å²) in [4.78, 5) is 16.1. The largest absolute Gasteiger partial charge is 0.489 e. The molecule has 0 atom stereocenters. The molecule has 0 aliphatic carbocycles. The maximum Gasteiger partial charge on any atom is 0.262 e. The summed E-state index contributed by atoms with van der Waals surface area (Å²) in [6, 6.07) is 20.8. The van der Waals surface area contributed by atoms with E-state index in [0.717, 1.165) is 17.0 Å². The number of carbonyl (C=O) groups excluding carboxylic acids is 1. The predicted molar refractivity (Wildman–Crippen MR) is 100 cm³/mol. The molecule has 0 saturated heterocycles. The molecule has 0 aliphatic rings. The monoisotopic (exact) mass is 348 g/mol. The Bertz CT molecular complexity index is 849. The van der Waals surface area contributed by atoms with Crippen LogP contribution in [0.5, 0.6) is 11.5 Å².